The highest BCUT2D eigenvalue weighted by atomic mass is 32.2. The van der Waals surface area contributed by atoms with E-state index >= 15 is 0 Å². The fourth-order valence-electron chi connectivity index (χ4n) is 2.73. The number of aliphatic hydroxyl groups excluding tert-OH is 1. The lowest BCUT2D eigenvalue weighted by Crippen LogP contribution is -2.41. The summed E-state index contributed by atoms with van der Waals surface area (Å²) in [6.45, 7) is 0.0927. The highest BCUT2D eigenvalue weighted by Crippen LogP contribution is 2.24. The molecule has 1 aliphatic rings. The van der Waals surface area contributed by atoms with Gasteiger partial charge in [0.15, 0.2) is 0 Å². The van der Waals surface area contributed by atoms with Gasteiger partial charge in [-0.05, 0) is 37.0 Å². The zero-order chi connectivity index (χ0) is 15.3. The monoisotopic (exact) mass is 312 g/mol. The molecule has 0 unspecified atom stereocenters. The Kier molecular flexibility index (Phi) is 5.61. The Labute approximate surface area is 127 Å². The van der Waals surface area contributed by atoms with Gasteiger partial charge in [-0.25, -0.2) is 0 Å². The molecule has 1 saturated carbocycles. The lowest BCUT2D eigenvalue weighted by Gasteiger charge is -2.30. The Balaban J connectivity index is 2.02. The Hall–Kier alpha value is -1.11. The summed E-state index contributed by atoms with van der Waals surface area (Å²) < 4.78 is 28.9. The maximum absolute atomic E-state index is 12.4. The number of rotatable bonds is 6. The zero-order valence-electron chi connectivity index (χ0n) is 12.5. The molecule has 1 fully saturated rings. The van der Waals surface area contributed by atoms with Gasteiger partial charge in [0.2, 0.25) is 0 Å². The predicted octanol–water partition coefficient (Wildman–Crippen LogP) is 2.14. The lowest BCUT2D eigenvalue weighted by molar-refractivity contribution is 0.287. The Morgan fingerprint density at radius 1 is 1.19 bits per heavy atom. The molecule has 0 aromatic heterocycles. The average Bonchev–Trinajstić information content (AvgIpc) is 2.49. The van der Waals surface area contributed by atoms with Crippen molar-refractivity contribution in [3.8, 4) is 0 Å². The second kappa shape index (κ2) is 7.24. The molecule has 6 heteroatoms. The van der Waals surface area contributed by atoms with E-state index in [1.54, 1.807) is 19.2 Å². The summed E-state index contributed by atoms with van der Waals surface area (Å²) in [4.78, 5) is 0. The SMILES string of the molecule is CN(C1CCCCC1)S(=O)(=O)Nc1ccc(CCO)cc1. The third-order valence-corrected chi connectivity index (χ3v) is 5.62. The van der Waals surface area contributed by atoms with Crippen molar-refractivity contribution < 1.29 is 13.5 Å². The molecule has 5 nitrogen and oxygen atoms in total. The summed E-state index contributed by atoms with van der Waals surface area (Å²) >= 11 is 0. The molecular formula is C15H24N2O3S. The number of nitrogens with one attached hydrogen (secondary N) is 1. The number of nitrogens with zero attached hydrogens (tertiary/aromatic N) is 1. The van der Waals surface area contributed by atoms with E-state index < -0.39 is 10.2 Å². The highest BCUT2D eigenvalue weighted by molar-refractivity contribution is 7.90. The van der Waals surface area contributed by atoms with Crippen LogP contribution in [0.5, 0.6) is 0 Å². The van der Waals surface area contributed by atoms with Gasteiger partial charge in [0, 0.05) is 25.4 Å². The summed E-state index contributed by atoms with van der Waals surface area (Å²) in [7, 11) is -1.85. The first-order chi connectivity index (χ1) is 10.0. The molecular weight excluding hydrogens is 288 g/mol. The van der Waals surface area contributed by atoms with Gasteiger partial charge in [-0.1, -0.05) is 31.4 Å². The number of aliphatic hydroxyl groups is 1. The number of benzene rings is 1. The summed E-state index contributed by atoms with van der Waals surface area (Å²) in [5.41, 5.74) is 1.54. The third kappa shape index (κ3) is 4.43. The molecule has 1 aromatic rings. The third-order valence-electron chi connectivity index (χ3n) is 4.07. The summed E-state index contributed by atoms with van der Waals surface area (Å²) in [5, 5.41) is 8.87. The van der Waals surface area contributed by atoms with Gasteiger partial charge >= 0.3 is 10.2 Å². The molecule has 1 aromatic carbocycles. The molecule has 21 heavy (non-hydrogen) atoms. The highest BCUT2D eigenvalue weighted by Gasteiger charge is 2.27. The van der Waals surface area contributed by atoms with E-state index in [4.69, 9.17) is 5.11 Å². The van der Waals surface area contributed by atoms with Crippen molar-refractivity contribution in [2.45, 2.75) is 44.6 Å². The van der Waals surface area contributed by atoms with Crippen LogP contribution in [0.25, 0.3) is 0 Å². The van der Waals surface area contributed by atoms with Crippen LogP contribution < -0.4 is 4.72 Å². The van der Waals surface area contributed by atoms with Crippen molar-refractivity contribution in [3.05, 3.63) is 29.8 Å². The minimum absolute atomic E-state index is 0.0927. The number of hydrogen-bond acceptors (Lipinski definition) is 3. The molecule has 2 N–H and O–H groups in total. The van der Waals surface area contributed by atoms with Crippen molar-refractivity contribution in [1.82, 2.24) is 4.31 Å². The molecule has 118 valence electrons. The maximum atomic E-state index is 12.4. The molecule has 0 saturated heterocycles. The number of hydrogen-bond donors (Lipinski definition) is 2. The van der Waals surface area contributed by atoms with E-state index in [9.17, 15) is 8.42 Å². The van der Waals surface area contributed by atoms with E-state index in [1.165, 1.54) is 10.7 Å². The molecule has 0 heterocycles. The number of anilines is 1. The van der Waals surface area contributed by atoms with E-state index in [2.05, 4.69) is 4.72 Å². The zero-order valence-corrected chi connectivity index (χ0v) is 13.3. The second-order valence-electron chi connectivity index (χ2n) is 5.59. The smallest absolute Gasteiger partial charge is 0.301 e. The van der Waals surface area contributed by atoms with Gasteiger partial charge in [0.25, 0.3) is 0 Å². The Morgan fingerprint density at radius 2 is 1.81 bits per heavy atom. The average molecular weight is 312 g/mol. The minimum atomic E-state index is -3.50. The van der Waals surface area contributed by atoms with Crippen molar-refractivity contribution in [1.29, 1.82) is 0 Å². The summed E-state index contributed by atoms with van der Waals surface area (Å²) in [6, 6.07) is 7.22. The van der Waals surface area contributed by atoms with Gasteiger partial charge in [-0.2, -0.15) is 12.7 Å². The van der Waals surface area contributed by atoms with Crippen molar-refractivity contribution >= 4 is 15.9 Å². The maximum Gasteiger partial charge on any atom is 0.301 e. The van der Waals surface area contributed by atoms with Crippen LogP contribution in [0.1, 0.15) is 37.7 Å². The van der Waals surface area contributed by atoms with Crippen LogP contribution in [0.15, 0.2) is 24.3 Å². The normalized spacial score (nSPS) is 17.1. The quantitative estimate of drug-likeness (QED) is 0.845. The second-order valence-corrected chi connectivity index (χ2v) is 7.32. The summed E-state index contributed by atoms with van der Waals surface area (Å²) in [6.07, 6.45) is 5.85. The van der Waals surface area contributed by atoms with Crippen LogP contribution in [-0.2, 0) is 16.6 Å². The molecule has 0 bridgehead atoms. The molecule has 0 atom stereocenters. The minimum Gasteiger partial charge on any atom is -0.396 e. The first kappa shape index (κ1) is 16.3. The van der Waals surface area contributed by atoms with Gasteiger partial charge in [0.1, 0.15) is 0 Å². The molecule has 0 amide bonds. The van der Waals surface area contributed by atoms with Crippen LogP contribution in [0.2, 0.25) is 0 Å². The predicted molar refractivity (Wildman–Crippen MR) is 84.4 cm³/mol. The first-order valence-electron chi connectivity index (χ1n) is 7.48. The topological polar surface area (TPSA) is 69.6 Å². The largest absolute Gasteiger partial charge is 0.396 e. The van der Waals surface area contributed by atoms with Crippen LogP contribution in [-0.4, -0.2) is 37.5 Å². The lowest BCUT2D eigenvalue weighted by atomic mass is 9.96. The van der Waals surface area contributed by atoms with Crippen LogP contribution >= 0.6 is 0 Å². The van der Waals surface area contributed by atoms with E-state index in [0.29, 0.717) is 12.1 Å². The Morgan fingerprint density at radius 3 is 2.38 bits per heavy atom. The van der Waals surface area contributed by atoms with E-state index in [1.807, 2.05) is 12.1 Å². The molecule has 0 aliphatic heterocycles. The molecule has 2 rings (SSSR count). The standard InChI is InChI=1S/C15H24N2O3S/c1-17(15-5-3-2-4-6-15)21(19,20)16-14-9-7-13(8-10-14)11-12-18/h7-10,15-16,18H,2-6,11-12H2,1H3. The molecule has 0 radical (unpaired) electrons. The first-order valence-corrected chi connectivity index (χ1v) is 8.92. The fourth-order valence-corrected chi connectivity index (χ4v) is 3.91. The van der Waals surface area contributed by atoms with Crippen molar-refractivity contribution in [3.63, 3.8) is 0 Å². The van der Waals surface area contributed by atoms with E-state index in [0.717, 1.165) is 31.2 Å². The van der Waals surface area contributed by atoms with Gasteiger partial charge in [-0.15, -0.1) is 0 Å². The summed E-state index contributed by atoms with van der Waals surface area (Å²) in [5.74, 6) is 0. The van der Waals surface area contributed by atoms with Crippen LogP contribution in [0.4, 0.5) is 5.69 Å². The van der Waals surface area contributed by atoms with Crippen LogP contribution in [0.3, 0.4) is 0 Å². The van der Waals surface area contributed by atoms with Gasteiger partial charge in [-0.3, -0.25) is 4.72 Å². The van der Waals surface area contributed by atoms with Crippen molar-refractivity contribution in [2.24, 2.45) is 0 Å². The van der Waals surface area contributed by atoms with Crippen LogP contribution in [0, 0.1) is 0 Å². The molecule has 1 aliphatic carbocycles. The molecule has 0 spiro atoms. The van der Waals surface area contributed by atoms with Crippen molar-refractivity contribution in [2.75, 3.05) is 18.4 Å². The van der Waals surface area contributed by atoms with E-state index in [-0.39, 0.29) is 12.6 Å². The van der Waals surface area contributed by atoms with Gasteiger partial charge in [0.05, 0.1) is 0 Å². The fraction of sp³-hybridized carbons (Fsp3) is 0.600. The van der Waals surface area contributed by atoms with Gasteiger partial charge < -0.3 is 5.11 Å². The Bertz CT molecular complexity index is 537.